The zero-order chi connectivity index (χ0) is 25.9. The summed E-state index contributed by atoms with van der Waals surface area (Å²) in [6, 6.07) is 15.4. The van der Waals surface area contributed by atoms with Crippen LogP contribution in [0.25, 0.3) is 5.70 Å². The second-order valence-corrected chi connectivity index (χ2v) is 7.93. The van der Waals surface area contributed by atoms with Gasteiger partial charge in [-0.25, -0.2) is 13.6 Å². The molecule has 188 valence electrons. The number of halogens is 3. The molecule has 0 radical (unpaired) electrons. The average molecular weight is 516 g/mol. The minimum absolute atomic E-state index is 0.324. The van der Waals surface area contributed by atoms with E-state index in [0.29, 0.717) is 28.8 Å². The van der Waals surface area contributed by atoms with E-state index in [0.717, 1.165) is 36.6 Å². The third-order valence-corrected chi connectivity index (χ3v) is 5.03. The van der Waals surface area contributed by atoms with E-state index in [9.17, 15) is 18.4 Å². The molecule has 0 aliphatic carbocycles. The van der Waals surface area contributed by atoms with Crippen LogP contribution in [-0.4, -0.2) is 18.5 Å². The molecule has 7 nitrogen and oxygen atoms in total. The molecule has 3 rings (SSSR count). The van der Waals surface area contributed by atoms with Crippen LogP contribution in [0.5, 0.6) is 5.75 Å². The molecule has 0 spiro atoms. The van der Waals surface area contributed by atoms with Gasteiger partial charge in [-0.1, -0.05) is 43.1 Å². The minimum atomic E-state index is -1.20. The molecule has 0 aliphatic heterocycles. The summed E-state index contributed by atoms with van der Waals surface area (Å²) in [6.07, 6.45) is 3.36. The number of ether oxygens (including phenoxy) is 1. The van der Waals surface area contributed by atoms with Crippen molar-refractivity contribution in [2.45, 2.75) is 19.8 Å². The van der Waals surface area contributed by atoms with Gasteiger partial charge in [0.2, 0.25) is 0 Å². The van der Waals surface area contributed by atoms with Gasteiger partial charge < -0.3 is 10.1 Å². The monoisotopic (exact) mass is 515 g/mol. The number of hydroxylamine groups is 1. The average Bonchev–Trinajstić information content (AvgIpc) is 2.85. The summed E-state index contributed by atoms with van der Waals surface area (Å²) in [5.41, 5.74) is 3.73. The quantitative estimate of drug-likeness (QED) is 0.168. The second-order valence-electron chi connectivity index (χ2n) is 7.49. The van der Waals surface area contributed by atoms with Crippen molar-refractivity contribution >= 4 is 34.9 Å². The SMILES string of the molecule is CCCCONC(=COc1ccc(NC(=O)NC(=O)c2c(F)cccc2F)cc1)c1ccc(Cl)cc1. The van der Waals surface area contributed by atoms with E-state index in [1.54, 1.807) is 24.3 Å². The van der Waals surface area contributed by atoms with Crippen LogP contribution in [0.3, 0.4) is 0 Å². The lowest BCUT2D eigenvalue weighted by molar-refractivity contribution is 0.0752. The summed E-state index contributed by atoms with van der Waals surface area (Å²) < 4.78 is 33.1. The molecule has 3 amide bonds. The molecule has 0 unspecified atom stereocenters. The Morgan fingerprint density at radius 1 is 0.972 bits per heavy atom. The van der Waals surface area contributed by atoms with Crippen molar-refractivity contribution in [2.75, 3.05) is 11.9 Å². The van der Waals surface area contributed by atoms with Gasteiger partial charge in [-0.3, -0.25) is 20.4 Å². The minimum Gasteiger partial charge on any atom is -0.463 e. The first kappa shape index (κ1) is 26.7. The van der Waals surface area contributed by atoms with E-state index in [-0.39, 0.29) is 0 Å². The Bertz CT molecular complexity index is 1200. The topological polar surface area (TPSA) is 88.7 Å². The van der Waals surface area contributed by atoms with Crippen molar-refractivity contribution in [2.24, 2.45) is 0 Å². The van der Waals surface area contributed by atoms with Gasteiger partial charge >= 0.3 is 6.03 Å². The first-order valence-electron chi connectivity index (χ1n) is 11.0. The smallest absolute Gasteiger partial charge is 0.326 e. The molecule has 0 aromatic heterocycles. The van der Waals surface area contributed by atoms with Crippen LogP contribution in [-0.2, 0) is 4.84 Å². The van der Waals surface area contributed by atoms with E-state index in [1.807, 2.05) is 17.4 Å². The first-order chi connectivity index (χ1) is 17.4. The lowest BCUT2D eigenvalue weighted by Crippen LogP contribution is -2.35. The van der Waals surface area contributed by atoms with E-state index < -0.39 is 29.1 Å². The van der Waals surface area contributed by atoms with Gasteiger partial charge in [-0.05, 0) is 55.0 Å². The number of carbonyl (C=O) groups is 2. The highest BCUT2D eigenvalue weighted by atomic mass is 35.5. The van der Waals surface area contributed by atoms with Crippen LogP contribution in [0.15, 0.2) is 73.0 Å². The van der Waals surface area contributed by atoms with Gasteiger partial charge in [0.1, 0.15) is 34.9 Å². The molecule has 0 fully saturated rings. The number of imide groups is 1. The number of nitrogens with one attached hydrogen (secondary N) is 3. The number of urea groups is 1. The zero-order valence-electron chi connectivity index (χ0n) is 19.3. The predicted octanol–water partition coefficient (Wildman–Crippen LogP) is 6.28. The molecule has 0 atom stereocenters. The number of hydrogen-bond acceptors (Lipinski definition) is 5. The van der Waals surface area contributed by atoms with Gasteiger partial charge in [0.25, 0.3) is 5.91 Å². The molecule has 0 saturated carbocycles. The molecule has 0 heterocycles. The molecular weight excluding hydrogens is 492 g/mol. The van der Waals surface area contributed by atoms with Gasteiger partial charge in [0.15, 0.2) is 0 Å². The Morgan fingerprint density at radius 3 is 2.28 bits per heavy atom. The van der Waals surface area contributed by atoms with Gasteiger partial charge in [-0.2, -0.15) is 0 Å². The summed E-state index contributed by atoms with van der Waals surface area (Å²) in [6.45, 7) is 2.58. The summed E-state index contributed by atoms with van der Waals surface area (Å²) in [5.74, 6) is -2.89. The number of rotatable bonds is 10. The number of carbonyl (C=O) groups excluding carboxylic acids is 2. The second kappa shape index (κ2) is 13.2. The lowest BCUT2D eigenvalue weighted by atomic mass is 10.2. The molecular formula is C26H24ClF2N3O4. The van der Waals surface area contributed by atoms with Crippen LogP contribution in [0, 0.1) is 11.6 Å². The fourth-order valence-electron chi connectivity index (χ4n) is 2.91. The van der Waals surface area contributed by atoms with Gasteiger partial charge in [-0.15, -0.1) is 0 Å². The maximum Gasteiger partial charge on any atom is 0.326 e. The molecule has 3 aromatic rings. The van der Waals surface area contributed by atoms with Crippen LogP contribution in [0.2, 0.25) is 5.02 Å². The largest absolute Gasteiger partial charge is 0.463 e. The fourth-order valence-corrected chi connectivity index (χ4v) is 3.04. The molecule has 10 heteroatoms. The normalized spacial score (nSPS) is 11.1. The number of amides is 3. The zero-order valence-corrected chi connectivity index (χ0v) is 20.1. The van der Waals surface area contributed by atoms with Crippen LogP contribution < -0.4 is 20.9 Å². The van der Waals surface area contributed by atoms with Crippen molar-refractivity contribution in [1.82, 2.24) is 10.8 Å². The summed E-state index contributed by atoms with van der Waals surface area (Å²) in [4.78, 5) is 29.6. The predicted molar refractivity (Wildman–Crippen MR) is 133 cm³/mol. The standard InChI is InChI=1S/C26H24ClF2N3O4/c1-2-3-15-36-32-23(17-7-9-18(27)10-8-17)16-35-20-13-11-19(12-14-20)30-26(34)31-25(33)24-21(28)5-4-6-22(24)29/h4-14,16,32H,2-3,15H2,1H3,(H2,30,31,33,34). The van der Waals surface area contributed by atoms with E-state index in [4.69, 9.17) is 21.2 Å². The molecule has 0 aliphatic rings. The lowest BCUT2D eigenvalue weighted by Gasteiger charge is -2.12. The van der Waals surface area contributed by atoms with Crippen molar-refractivity contribution in [3.63, 3.8) is 0 Å². The maximum absolute atomic E-state index is 13.7. The maximum atomic E-state index is 13.7. The van der Waals surface area contributed by atoms with Gasteiger partial charge in [0, 0.05) is 16.3 Å². The highest BCUT2D eigenvalue weighted by molar-refractivity contribution is 6.30. The molecule has 36 heavy (non-hydrogen) atoms. The van der Waals surface area contributed by atoms with Gasteiger partial charge in [0.05, 0.1) is 6.61 Å². The number of benzene rings is 3. The van der Waals surface area contributed by atoms with Crippen molar-refractivity contribution < 1.29 is 27.9 Å². The third-order valence-electron chi connectivity index (χ3n) is 4.78. The third kappa shape index (κ3) is 7.79. The van der Waals surface area contributed by atoms with E-state index >= 15 is 0 Å². The Labute approximate surface area is 212 Å². The van der Waals surface area contributed by atoms with Crippen LogP contribution >= 0.6 is 11.6 Å². The highest BCUT2D eigenvalue weighted by Crippen LogP contribution is 2.20. The highest BCUT2D eigenvalue weighted by Gasteiger charge is 2.19. The number of hydrogen-bond donors (Lipinski definition) is 3. The Kier molecular flexibility index (Phi) is 9.79. The Balaban J connectivity index is 1.61. The number of unbranched alkanes of at least 4 members (excludes halogenated alkanes) is 1. The summed E-state index contributed by atoms with van der Waals surface area (Å²) in [5, 5.41) is 4.90. The Hall–Kier alpha value is -3.95. The summed E-state index contributed by atoms with van der Waals surface area (Å²) in [7, 11) is 0. The van der Waals surface area contributed by atoms with E-state index in [2.05, 4.69) is 17.7 Å². The van der Waals surface area contributed by atoms with Crippen molar-refractivity contribution in [3.05, 3.63) is 101 Å². The fraction of sp³-hybridized carbons (Fsp3) is 0.154. The van der Waals surface area contributed by atoms with Crippen LogP contribution in [0.1, 0.15) is 35.7 Å². The van der Waals surface area contributed by atoms with Crippen molar-refractivity contribution in [3.8, 4) is 5.75 Å². The van der Waals surface area contributed by atoms with E-state index in [1.165, 1.54) is 18.4 Å². The molecule has 0 bridgehead atoms. The first-order valence-corrected chi connectivity index (χ1v) is 11.4. The number of anilines is 1. The molecule has 0 saturated heterocycles. The molecule has 3 N–H and O–H groups in total. The van der Waals surface area contributed by atoms with Crippen molar-refractivity contribution in [1.29, 1.82) is 0 Å². The van der Waals surface area contributed by atoms with Crippen LogP contribution in [0.4, 0.5) is 19.3 Å². The Morgan fingerprint density at radius 2 is 1.64 bits per heavy atom. The molecule has 3 aromatic carbocycles. The summed E-state index contributed by atoms with van der Waals surface area (Å²) >= 11 is 5.97.